The van der Waals surface area contributed by atoms with E-state index in [4.69, 9.17) is 16.3 Å². The Balaban J connectivity index is 2.52. The van der Waals surface area contributed by atoms with Crippen molar-refractivity contribution >= 4 is 27.5 Å². The maximum Gasteiger partial charge on any atom is 0.142 e. The fourth-order valence-corrected chi connectivity index (χ4v) is 2.73. The molecule has 112 valence electrons. The largest absolute Gasteiger partial charge is 0.496 e. The molecule has 0 aliphatic rings. The van der Waals surface area contributed by atoms with Gasteiger partial charge in [-0.05, 0) is 42.4 Å². The lowest BCUT2D eigenvalue weighted by atomic mass is 9.97. The molecule has 0 spiro atoms. The minimum absolute atomic E-state index is 0.121. The monoisotopic (exact) mass is 371 g/mol. The lowest BCUT2D eigenvalue weighted by molar-refractivity contribution is 0.404. The molecule has 0 saturated heterocycles. The van der Waals surface area contributed by atoms with Crippen LogP contribution in [0.3, 0.4) is 0 Å². The van der Waals surface area contributed by atoms with E-state index in [9.17, 15) is 4.39 Å². The van der Waals surface area contributed by atoms with Gasteiger partial charge in [-0.3, -0.25) is 0 Å². The van der Waals surface area contributed by atoms with Crippen molar-refractivity contribution in [2.24, 2.45) is 0 Å². The number of nitrogens with one attached hydrogen (secondary N) is 1. The zero-order valence-corrected chi connectivity index (χ0v) is 14.1. The van der Waals surface area contributed by atoms with E-state index in [-0.39, 0.29) is 11.1 Å². The highest BCUT2D eigenvalue weighted by Gasteiger charge is 2.19. The normalized spacial score (nSPS) is 12.2. The summed E-state index contributed by atoms with van der Waals surface area (Å²) in [6.07, 6.45) is 0. The fraction of sp³-hybridized carbons (Fsp3) is 0.250. The van der Waals surface area contributed by atoms with Gasteiger partial charge in [-0.1, -0.05) is 40.5 Å². The molecule has 1 N–H and O–H groups in total. The number of methoxy groups -OCH3 is 1. The third-order valence-electron chi connectivity index (χ3n) is 3.19. The molecule has 2 nitrogen and oxygen atoms in total. The fourth-order valence-electron chi connectivity index (χ4n) is 2.23. The first-order chi connectivity index (χ1) is 10.1. The first-order valence-corrected chi connectivity index (χ1v) is 7.75. The van der Waals surface area contributed by atoms with Crippen molar-refractivity contribution in [3.05, 3.63) is 62.8 Å². The summed E-state index contributed by atoms with van der Waals surface area (Å²) in [4.78, 5) is 0. The summed E-state index contributed by atoms with van der Waals surface area (Å²) in [7, 11) is 1.62. The quantitative estimate of drug-likeness (QED) is 0.802. The van der Waals surface area contributed by atoms with Crippen LogP contribution < -0.4 is 10.1 Å². The molecule has 5 heteroatoms. The van der Waals surface area contributed by atoms with Crippen LogP contribution in [0, 0.1) is 5.82 Å². The van der Waals surface area contributed by atoms with Crippen molar-refractivity contribution in [2.45, 2.75) is 13.0 Å². The highest BCUT2D eigenvalue weighted by molar-refractivity contribution is 9.10. The highest BCUT2D eigenvalue weighted by Crippen LogP contribution is 2.33. The Bertz CT molecular complexity index is 636. The molecular formula is C16H16BrClFNO. The van der Waals surface area contributed by atoms with Crippen LogP contribution in [0.2, 0.25) is 5.02 Å². The van der Waals surface area contributed by atoms with Crippen molar-refractivity contribution in [1.29, 1.82) is 0 Å². The molecule has 0 aliphatic carbocycles. The van der Waals surface area contributed by atoms with E-state index >= 15 is 0 Å². The van der Waals surface area contributed by atoms with Crippen LogP contribution >= 0.6 is 27.5 Å². The second kappa shape index (κ2) is 7.25. The Hall–Kier alpha value is -1.10. The lowest BCUT2D eigenvalue weighted by Gasteiger charge is -2.22. The van der Waals surface area contributed by atoms with E-state index in [2.05, 4.69) is 21.2 Å². The van der Waals surface area contributed by atoms with Gasteiger partial charge in [0, 0.05) is 10.0 Å². The lowest BCUT2D eigenvalue weighted by Crippen LogP contribution is -2.22. The summed E-state index contributed by atoms with van der Waals surface area (Å²) in [5.41, 5.74) is 1.74. The summed E-state index contributed by atoms with van der Waals surface area (Å²) in [6.45, 7) is 2.74. The smallest absolute Gasteiger partial charge is 0.142 e. The SMILES string of the molecule is CCNC(c1ccc(Cl)c(F)c1)c1cc(Br)ccc1OC. The second-order valence-electron chi connectivity index (χ2n) is 4.55. The van der Waals surface area contributed by atoms with Crippen LogP contribution in [0.1, 0.15) is 24.1 Å². The molecule has 0 aromatic heterocycles. The van der Waals surface area contributed by atoms with Gasteiger partial charge in [0.05, 0.1) is 18.2 Å². The molecule has 2 aromatic carbocycles. The van der Waals surface area contributed by atoms with Gasteiger partial charge < -0.3 is 10.1 Å². The number of benzene rings is 2. The van der Waals surface area contributed by atoms with E-state index in [0.29, 0.717) is 0 Å². The summed E-state index contributed by atoms with van der Waals surface area (Å²) in [6, 6.07) is 10.4. The molecule has 0 aliphatic heterocycles. The van der Waals surface area contributed by atoms with Crippen LogP contribution in [0.25, 0.3) is 0 Å². The Labute approximate surface area is 137 Å². The predicted molar refractivity (Wildman–Crippen MR) is 87.6 cm³/mol. The van der Waals surface area contributed by atoms with Crippen molar-refractivity contribution in [3.8, 4) is 5.75 Å². The average Bonchev–Trinajstić information content (AvgIpc) is 2.48. The first kappa shape index (κ1) is 16.3. The van der Waals surface area contributed by atoms with Gasteiger partial charge in [-0.2, -0.15) is 0 Å². The molecule has 0 fully saturated rings. The average molecular weight is 373 g/mol. The number of ether oxygens (including phenoxy) is 1. The topological polar surface area (TPSA) is 21.3 Å². The summed E-state index contributed by atoms with van der Waals surface area (Å²) >= 11 is 9.23. The Morgan fingerprint density at radius 2 is 2.05 bits per heavy atom. The molecule has 1 unspecified atom stereocenters. The molecule has 0 saturated carbocycles. The summed E-state index contributed by atoms with van der Waals surface area (Å²) in [5, 5.41) is 3.47. The first-order valence-electron chi connectivity index (χ1n) is 6.58. The van der Waals surface area contributed by atoms with Gasteiger partial charge in [0.15, 0.2) is 0 Å². The van der Waals surface area contributed by atoms with Crippen LogP contribution in [-0.2, 0) is 0 Å². The van der Waals surface area contributed by atoms with Gasteiger partial charge in [0.2, 0.25) is 0 Å². The van der Waals surface area contributed by atoms with Gasteiger partial charge in [-0.15, -0.1) is 0 Å². The van der Waals surface area contributed by atoms with Gasteiger partial charge in [0.25, 0.3) is 0 Å². The number of halogens is 3. The van der Waals surface area contributed by atoms with E-state index in [1.807, 2.05) is 31.2 Å². The molecule has 1 atom stereocenters. The van der Waals surface area contributed by atoms with E-state index in [0.717, 1.165) is 27.9 Å². The van der Waals surface area contributed by atoms with Crippen LogP contribution in [0.4, 0.5) is 4.39 Å². The summed E-state index contributed by atoms with van der Waals surface area (Å²) in [5.74, 6) is 0.325. The number of hydrogen-bond acceptors (Lipinski definition) is 2. The van der Waals surface area contributed by atoms with Crippen molar-refractivity contribution in [3.63, 3.8) is 0 Å². The summed E-state index contributed by atoms with van der Waals surface area (Å²) < 4.78 is 20.1. The Morgan fingerprint density at radius 3 is 2.67 bits per heavy atom. The highest BCUT2D eigenvalue weighted by atomic mass is 79.9. The second-order valence-corrected chi connectivity index (χ2v) is 5.87. The minimum atomic E-state index is -0.425. The third-order valence-corrected chi connectivity index (χ3v) is 3.99. The van der Waals surface area contributed by atoms with Crippen molar-refractivity contribution in [1.82, 2.24) is 5.32 Å². The van der Waals surface area contributed by atoms with E-state index in [1.165, 1.54) is 6.07 Å². The molecule has 0 bridgehead atoms. The van der Waals surface area contributed by atoms with E-state index < -0.39 is 5.82 Å². The van der Waals surface area contributed by atoms with E-state index in [1.54, 1.807) is 13.2 Å². The van der Waals surface area contributed by atoms with Gasteiger partial charge >= 0.3 is 0 Å². The maximum atomic E-state index is 13.8. The van der Waals surface area contributed by atoms with Gasteiger partial charge in [-0.25, -0.2) is 4.39 Å². The van der Waals surface area contributed by atoms with Crippen LogP contribution in [-0.4, -0.2) is 13.7 Å². The maximum absolute atomic E-state index is 13.8. The molecule has 2 rings (SSSR count). The molecule has 0 heterocycles. The Morgan fingerprint density at radius 1 is 1.29 bits per heavy atom. The molecule has 0 radical (unpaired) electrons. The zero-order chi connectivity index (χ0) is 15.4. The molecular weight excluding hydrogens is 357 g/mol. The van der Waals surface area contributed by atoms with Crippen molar-refractivity contribution in [2.75, 3.05) is 13.7 Å². The minimum Gasteiger partial charge on any atom is -0.496 e. The Kier molecular flexibility index (Phi) is 5.62. The van der Waals surface area contributed by atoms with Crippen LogP contribution in [0.15, 0.2) is 40.9 Å². The number of rotatable bonds is 5. The zero-order valence-electron chi connectivity index (χ0n) is 11.8. The third kappa shape index (κ3) is 3.76. The molecule has 21 heavy (non-hydrogen) atoms. The van der Waals surface area contributed by atoms with Gasteiger partial charge in [0.1, 0.15) is 11.6 Å². The predicted octanol–water partition coefficient (Wildman–Crippen LogP) is 4.95. The standard InChI is InChI=1S/C16H16BrClFNO/c1-3-20-16(10-4-6-13(18)14(19)8-10)12-9-11(17)5-7-15(12)21-2/h4-9,16,20H,3H2,1-2H3. The van der Waals surface area contributed by atoms with Crippen molar-refractivity contribution < 1.29 is 9.13 Å². The molecule has 2 aromatic rings. The number of hydrogen-bond donors (Lipinski definition) is 1. The van der Waals surface area contributed by atoms with Crippen LogP contribution in [0.5, 0.6) is 5.75 Å². The molecule has 0 amide bonds.